The van der Waals surface area contributed by atoms with Crippen molar-refractivity contribution in [3.63, 3.8) is 0 Å². The minimum atomic E-state index is -0.733. The molecule has 0 radical (unpaired) electrons. The topological polar surface area (TPSA) is 97.4 Å². The zero-order valence-corrected chi connectivity index (χ0v) is 21.2. The van der Waals surface area contributed by atoms with Gasteiger partial charge in [-0.3, -0.25) is 9.68 Å². The van der Waals surface area contributed by atoms with Gasteiger partial charge in [0.1, 0.15) is 11.5 Å². The van der Waals surface area contributed by atoms with Gasteiger partial charge in [-0.05, 0) is 80.6 Å². The number of hydrogen-bond donors (Lipinski definition) is 0. The number of carbonyl (C=O) groups is 3. The van der Waals surface area contributed by atoms with Crippen molar-refractivity contribution in [1.82, 2.24) is 0 Å². The van der Waals surface area contributed by atoms with E-state index in [2.05, 4.69) is 18.4 Å². The maximum atomic E-state index is 12.6. The molecule has 0 amide bonds. The number of esters is 2. The summed E-state index contributed by atoms with van der Waals surface area (Å²) in [5.74, 6) is -0.749. The lowest BCUT2D eigenvalue weighted by Gasteiger charge is -2.27. The lowest BCUT2D eigenvalue weighted by Crippen LogP contribution is -2.29. The fourth-order valence-corrected chi connectivity index (χ4v) is 3.95. The highest BCUT2D eigenvalue weighted by atomic mass is 17.2. The molecule has 0 heterocycles. The van der Waals surface area contributed by atoms with Crippen LogP contribution in [0.1, 0.15) is 68.6 Å². The quantitative estimate of drug-likeness (QED) is 0.0809. The van der Waals surface area contributed by atoms with Crippen molar-refractivity contribution in [2.24, 2.45) is 5.92 Å². The molecule has 1 fully saturated rings. The van der Waals surface area contributed by atoms with Gasteiger partial charge >= 0.3 is 17.9 Å². The molecular formula is C29H34O8. The van der Waals surface area contributed by atoms with Gasteiger partial charge < -0.3 is 14.2 Å². The van der Waals surface area contributed by atoms with Gasteiger partial charge in [0.05, 0.1) is 17.6 Å². The first-order chi connectivity index (χ1) is 18.0. The first-order valence-electron chi connectivity index (χ1n) is 12.7. The Labute approximate surface area is 217 Å². The van der Waals surface area contributed by atoms with Crippen molar-refractivity contribution in [2.45, 2.75) is 64.4 Å². The fourth-order valence-electron chi connectivity index (χ4n) is 3.95. The maximum absolute atomic E-state index is 12.6. The normalized spacial score (nSPS) is 16.9. The summed E-state index contributed by atoms with van der Waals surface area (Å²) in [5.41, 5.74) is 0.276. The van der Waals surface area contributed by atoms with Crippen molar-refractivity contribution in [3.8, 4) is 17.2 Å². The molecular weight excluding hydrogens is 476 g/mol. The standard InChI is InChI=1S/C29H34O8/c1-3-5-6-7-20-33-23-12-8-21(9-13-23)28(31)34-24-16-18-25(19-17-24)35-29(32)22-10-14-26(15-11-22)36-37-27(30)4-2/h4,10-11,14-19,21,23H,2-3,5-9,12-13,20H2,1H3. The van der Waals surface area contributed by atoms with Crippen LogP contribution < -0.4 is 14.4 Å². The average Bonchev–Trinajstić information content (AvgIpc) is 2.93. The van der Waals surface area contributed by atoms with Crippen molar-refractivity contribution in [1.29, 1.82) is 0 Å². The molecule has 8 nitrogen and oxygen atoms in total. The van der Waals surface area contributed by atoms with E-state index in [0.29, 0.717) is 11.5 Å². The van der Waals surface area contributed by atoms with Crippen LogP contribution in [0.4, 0.5) is 0 Å². The average molecular weight is 511 g/mol. The maximum Gasteiger partial charge on any atom is 0.378 e. The number of rotatable bonds is 13. The summed E-state index contributed by atoms with van der Waals surface area (Å²) in [6, 6.07) is 12.2. The molecule has 2 aromatic carbocycles. The Morgan fingerprint density at radius 2 is 1.46 bits per heavy atom. The second-order valence-electron chi connectivity index (χ2n) is 8.90. The fraction of sp³-hybridized carbons (Fsp3) is 0.414. The molecule has 0 bridgehead atoms. The minimum absolute atomic E-state index is 0.135. The predicted octanol–water partition coefficient (Wildman–Crippen LogP) is 5.99. The van der Waals surface area contributed by atoms with Crippen LogP contribution in [0.25, 0.3) is 0 Å². The van der Waals surface area contributed by atoms with E-state index in [1.807, 2.05) is 0 Å². The van der Waals surface area contributed by atoms with E-state index in [-0.39, 0.29) is 29.3 Å². The van der Waals surface area contributed by atoms with E-state index in [0.717, 1.165) is 44.8 Å². The van der Waals surface area contributed by atoms with Gasteiger partial charge in [0.2, 0.25) is 0 Å². The first kappa shape index (κ1) is 27.9. The molecule has 1 aliphatic carbocycles. The number of hydrogen-bond acceptors (Lipinski definition) is 8. The van der Waals surface area contributed by atoms with Gasteiger partial charge in [0.15, 0.2) is 5.75 Å². The van der Waals surface area contributed by atoms with Crippen molar-refractivity contribution < 1.29 is 38.4 Å². The minimum Gasteiger partial charge on any atom is -0.426 e. The Balaban J connectivity index is 1.40. The smallest absolute Gasteiger partial charge is 0.378 e. The summed E-state index contributed by atoms with van der Waals surface area (Å²) in [5, 5.41) is 0. The number of ether oxygens (including phenoxy) is 3. The molecule has 1 aliphatic rings. The molecule has 0 N–H and O–H groups in total. The Morgan fingerprint density at radius 3 is 2.08 bits per heavy atom. The molecule has 0 unspecified atom stereocenters. The van der Waals surface area contributed by atoms with Crippen molar-refractivity contribution in [2.75, 3.05) is 6.61 Å². The van der Waals surface area contributed by atoms with E-state index < -0.39 is 11.9 Å². The largest absolute Gasteiger partial charge is 0.426 e. The van der Waals surface area contributed by atoms with Crippen LogP contribution in [0.15, 0.2) is 61.2 Å². The van der Waals surface area contributed by atoms with E-state index in [4.69, 9.17) is 19.1 Å². The monoisotopic (exact) mass is 510 g/mol. The molecule has 0 aromatic heterocycles. The highest BCUT2D eigenvalue weighted by Crippen LogP contribution is 2.28. The highest BCUT2D eigenvalue weighted by Gasteiger charge is 2.28. The third kappa shape index (κ3) is 9.38. The second-order valence-corrected chi connectivity index (χ2v) is 8.90. The zero-order valence-electron chi connectivity index (χ0n) is 21.2. The summed E-state index contributed by atoms with van der Waals surface area (Å²) in [6.07, 6.45) is 9.21. The summed E-state index contributed by atoms with van der Waals surface area (Å²) >= 11 is 0. The van der Waals surface area contributed by atoms with Gasteiger partial charge in [-0.2, -0.15) is 0 Å². The van der Waals surface area contributed by atoms with E-state index in [1.54, 1.807) is 24.3 Å². The highest BCUT2D eigenvalue weighted by molar-refractivity contribution is 5.91. The van der Waals surface area contributed by atoms with Gasteiger partial charge in [0, 0.05) is 12.7 Å². The van der Waals surface area contributed by atoms with E-state index >= 15 is 0 Å². The molecule has 2 aromatic rings. The third-order valence-electron chi connectivity index (χ3n) is 6.09. The van der Waals surface area contributed by atoms with Gasteiger partial charge in [-0.15, -0.1) is 0 Å². The lowest BCUT2D eigenvalue weighted by atomic mass is 9.87. The van der Waals surface area contributed by atoms with Crippen LogP contribution in [0, 0.1) is 5.92 Å². The van der Waals surface area contributed by atoms with Crippen LogP contribution in [0.5, 0.6) is 17.2 Å². The Kier molecular flexibility index (Phi) is 11.2. The summed E-state index contributed by atoms with van der Waals surface area (Å²) in [7, 11) is 0. The van der Waals surface area contributed by atoms with Crippen LogP contribution in [-0.2, 0) is 19.2 Å². The Bertz CT molecular complexity index is 1020. The SMILES string of the molecule is C=CC(=O)OOc1ccc(C(=O)Oc2ccc(OC(=O)C3CCC(OCCCCCC)CC3)cc2)cc1. The van der Waals surface area contributed by atoms with Gasteiger partial charge in [0.25, 0.3) is 0 Å². The Hall–Kier alpha value is -3.65. The van der Waals surface area contributed by atoms with Crippen LogP contribution in [0.3, 0.4) is 0 Å². The Morgan fingerprint density at radius 1 is 0.838 bits per heavy atom. The molecule has 3 rings (SSSR count). The molecule has 8 heteroatoms. The first-order valence-corrected chi connectivity index (χ1v) is 12.7. The van der Waals surface area contributed by atoms with Crippen molar-refractivity contribution >= 4 is 17.9 Å². The molecule has 0 atom stereocenters. The van der Waals surface area contributed by atoms with Crippen LogP contribution in [0.2, 0.25) is 0 Å². The lowest BCUT2D eigenvalue weighted by molar-refractivity contribution is -0.207. The number of benzene rings is 2. The molecule has 37 heavy (non-hydrogen) atoms. The summed E-state index contributed by atoms with van der Waals surface area (Å²) < 4.78 is 16.9. The molecule has 1 saturated carbocycles. The number of carbonyl (C=O) groups excluding carboxylic acids is 3. The summed E-state index contributed by atoms with van der Waals surface area (Å²) in [6.45, 7) is 6.25. The molecule has 0 spiro atoms. The number of unbranched alkanes of at least 4 members (excludes halogenated alkanes) is 3. The van der Waals surface area contributed by atoms with E-state index in [1.165, 1.54) is 43.5 Å². The van der Waals surface area contributed by atoms with Crippen LogP contribution in [-0.4, -0.2) is 30.6 Å². The summed E-state index contributed by atoms with van der Waals surface area (Å²) in [4.78, 5) is 45.3. The van der Waals surface area contributed by atoms with Gasteiger partial charge in [-0.1, -0.05) is 32.8 Å². The second kappa shape index (κ2) is 14.8. The molecule has 0 saturated heterocycles. The van der Waals surface area contributed by atoms with Gasteiger partial charge in [-0.25, -0.2) is 14.5 Å². The van der Waals surface area contributed by atoms with Crippen molar-refractivity contribution in [3.05, 3.63) is 66.7 Å². The molecule has 198 valence electrons. The third-order valence-corrected chi connectivity index (χ3v) is 6.09. The van der Waals surface area contributed by atoms with E-state index in [9.17, 15) is 14.4 Å². The molecule has 0 aliphatic heterocycles. The predicted molar refractivity (Wildman–Crippen MR) is 136 cm³/mol. The zero-order chi connectivity index (χ0) is 26.5. The van der Waals surface area contributed by atoms with Crippen LogP contribution >= 0.6 is 0 Å².